The van der Waals surface area contributed by atoms with Gasteiger partial charge in [-0.15, -0.1) is 0 Å². The molecule has 0 aliphatic rings. The van der Waals surface area contributed by atoms with Gasteiger partial charge in [-0.25, -0.2) is 4.39 Å². The van der Waals surface area contributed by atoms with Crippen molar-refractivity contribution < 1.29 is 9.13 Å². The van der Waals surface area contributed by atoms with Crippen LogP contribution in [0.25, 0.3) is 0 Å². The lowest BCUT2D eigenvalue weighted by Crippen LogP contribution is -2.30. The number of anilines is 2. The molecule has 0 aliphatic heterocycles. The van der Waals surface area contributed by atoms with Gasteiger partial charge in [0.1, 0.15) is 0 Å². The van der Waals surface area contributed by atoms with E-state index in [-0.39, 0.29) is 5.75 Å². The average Bonchev–Trinajstić information content (AvgIpc) is 2.43. The van der Waals surface area contributed by atoms with Crippen LogP contribution in [0.3, 0.4) is 0 Å². The number of benzene rings is 1. The van der Waals surface area contributed by atoms with Crippen LogP contribution in [0.2, 0.25) is 0 Å². The molecular weight excluding hydrogens is 275 g/mol. The number of halogens is 1. The molecule has 1 aromatic carbocycles. The minimum Gasteiger partial charge on any atom is -0.490 e. The minimum absolute atomic E-state index is 0.278. The summed E-state index contributed by atoms with van der Waals surface area (Å²) in [6.07, 6.45) is 3.99. The molecule has 0 amide bonds. The second-order valence-corrected chi connectivity index (χ2v) is 5.92. The van der Waals surface area contributed by atoms with Gasteiger partial charge in [0.25, 0.3) is 0 Å². The molecule has 0 heterocycles. The number of nitrogen functional groups attached to an aromatic ring is 1. The molecule has 5 heteroatoms. The quantitative estimate of drug-likeness (QED) is 0.742. The zero-order chi connectivity index (χ0) is 15.1. The van der Waals surface area contributed by atoms with Crippen molar-refractivity contribution in [2.75, 3.05) is 36.3 Å². The molecule has 0 aromatic heterocycles. The second-order valence-electron chi connectivity index (χ2n) is 4.93. The van der Waals surface area contributed by atoms with Crippen LogP contribution in [-0.4, -0.2) is 31.7 Å². The molecule has 1 aromatic rings. The van der Waals surface area contributed by atoms with Crippen molar-refractivity contribution in [2.24, 2.45) is 0 Å². The van der Waals surface area contributed by atoms with E-state index in [9.17, 15) is 4.39 Å². The lowest BCUT2D eigenvalue weighted by atomic mass is 10.1. The SMILES string of the molecule is CCCOc1cc(N(C)C(C)CCSC)c(N)cc1F. The maximum absolute atomic E-state index is 13.8. The normalized spacial score (nSPS) is 12.2. The van der Waals surface area contributed by atoms with E-state index < -0.39 is 5.82 Å². The van der Waals surface area contributed by atoms with Crippen LogP contribution in [0.15, 0.2) is 12.1 Å². The molecule has 0 saturated carbocycles. The molecule has 0 saturated heterocycles. The third-order valence-corrected chi connectivity index (χ3v) is 3.97. The van der Waals surface area contributed by atoms with Gasteiger partial charge in [0, 0.05) is 25.2 Å². The number of hydrogen-bond acceptors (Lipinski definition) is 4. The molecule has 0 spiro atoms. The third-order valence-electron chi connectivity index (χ3n) is 3.32. The fourth-order valence-corrected chi connectivity index (χ4v) is 2.48. The third kappa shape index (κ3) is 4.47. The van der Waals surface area contributed by atoms with Crippen LogP contribution >= 0.6 is 11.8 Å². The summed E-state index contributed by atoms with van der Waals surface area (Å²) in [5.74, 6) is 0.969. The highest BCUT2D eigenvalue weighted by molar-refractivity contribution is 7.98. The lowest BCUT2D eigenvalue weighted by molar-refractivity contribution is 0.301. The Bertz CT molecular complexity index is 429. The molecule has 1 atom stereocenters. The molecule has 3 nitrogen and oxygen atoms in total. The summed E-state index contributed by atoms with van der Waals surface area (Å²) in [5, 5.41) is 0. The Morgan fingerprint density at radius 3 is 2.75 bits per heavy atom. The number of thioether (sulfide) groups is 1. The van der Waals surface area contributed by atoms with Crippen molar-refractivity contribution in [3.8, 4) is 5.75 Å². The molecule has 20 heavy (non-hydrogen) atoms. The van der Waals surface area contributed by atoms with Crippen LogP contribution in [0.4, 0.5) is 15.8 Å². The maximum atomic E-state index is 13.8. The summed E-state index contributed by atoms with van der Waals surface area (Å²) in [6.45, 7) is 4.64. The minimum atomic E-state index is -0.398. The number of nitrogens with zero attached hydrogens (tertiary/aromatic N) is 1. The van der Waals surface area contributed by atoms with E-state index in [0.717, 1.165) is 24.3 Å². The van der Waals surface area contributed by atoms with Crippen molar-refractivity contribution in [2.45, 2.75) is 32.7 Å². The van der Waals surface area contributed by atoms with E-state index in [2.05, 4.69) is 18.1 Å². The average molecular weight is 300 g/mol. The highest BCUT2D eigenvalue weighted by Crippen LogP contribution is 2.32. The Hall–Kier alpha value is -1.10. The lowest BCUT2D eigenvalue weighted by Gasteiger charge is -2.28. The zero-order valence-electron chi connectivity index (χ0n) is 12.8. The van der Waals surface area contributed by atoms with Gasteiger partial charge in [0.05, 0.1) is 18.0 Å². The van der Waals surface area contributed by atoms with E-state index in [4.69, 9.17) is 10.5 Å². The first-order valence-corrected chi connectivity index (χ1v) is 8.34. The number of rotatable bonds is 8. The van der Waals surface area contributed by atoms with Crippen molar-refractivity contribution in [1.29, 1.82) is 0 Å². The summed E-state index contributed by atoms with van der Waals surface area (Å²) in [5.41, 5.74) is 7.22. The first-order chi connectivity index (χ1) is 9.51. The standard InChI is InChI=1S/C15H25FN2OS/c1-5-7-19-15-10-14(13(17)9-12(15)16)18(3)11(2)6-8-20-4/h9-11H,5-8,17H2,1-4H3. The number of nitrogens with two attached hydrogens (primary N) is 1. The first kappa shape index (κ1) is 17.0. The van der Waals surface area contributed by atoms with E-state index in [1.807, 2.05) is 25.7 Å². The highest BCUT2D eigenvalue weighted by atomic mass is 32.2. The monoisotopic (exact) mass is 300 g/mol. The Labute approximate surface area is 125 Å². The summed E-state index contributed by atoms with van der Waals surface area (Å²) in [7, 11) is 1.98. The second kappa shape index (κ2) is 8.25. The van der Waals surface area contributed by atoms with Crippen molar-refractivity contribution in [3.63, 3.8) is 0 Å². The Morgan fingerprint density at radius 2 is 2.15 bits per heavy atom. The van der Waals surface area contributed by atoms with Crippen LogP contribution in [0.5, 0.6) is 5.75 Å². The summed E-state index contributed by atoms with van der Waals surface area (Å²) in [6, 6.07) is 3.39. The largest absolute Gasteiger partial charge is 0.490 e. The van der Waals surface area contributed by atoms with Crippen LogP contribution < -0.4 is 15.4 Å². The number of hydrogen-bond donors (Lipinski definition) is 1. The molecular formula is C15H25FN2OS. The summed E-state index contributed by atoms with van der Waals surface area (Å²) in [4.78, 5) is 2.09. The van der Waals surface area contributed by atoms with E-state index in [0.29, 0.717) is 18.3 Å². The van der Waals surface area contributed by atoms with E-state index in [1.54, 1.807) is 6.07 Å². The first-order valence-electron chi connectivity index (χ1n) is 6.94. The van der Waals surface area contributed by atoms with Gasteiger partial charge in [-0.05, 0) is 31.8 Å². The number of ether oxygens (including phenoxy) is 1. The summed E-state index contributed by atoms with van der Waals surface area (Å²) < 4.78 is 19.2. The van der Waals surface area contributed by atoms with Gasteiger partial charge >= 0.3 is 0 Å². The van der Waals surface area contributed by atoms with Gasteiger partial charge in [-0.3, -0.25) is 0 Å². The predicted molar refractivity (Wildman–Crippen MR) is 87.5 cm³/mol. The van der Waals surface area contributed by atoms with Gasteiger partial charge in [-0.2, -0.15) is 11.8 Å². The molecule has 0 radical (unpaired) electrons. The van der Waals surface area contributed by atoms with Crippen molar-refractivity contribution in [3.05, 3.63) is 17.9 Å². The van der Waals surface area contributed by atoms with Gasteiger partial charge in [0.2, 0.25) is 0 Å². The fraction of sp³-hybridized carbons (Fsp3) is 0.600. The predicted octanol–water partition coefficient (Wildman–Crippen LogP) is 3.77. The molecule has 1 rings (SSSR count). The molecule has 114 valence electrons. The van der Waals surface area contributed by atoms with Crippen LogP contribution in [-0.2, 0) is 0 Å². The fourth-order valence-electron chi connectivity index (χ4n) is 1.91. The maximum Gasteiger partial charge on any atom is 0.167 e. The molecule has 0 fully saturated rings. The van der Waals surface area contributed by atoms with Crippen molar-refractivity contribution in [1.82, 2.24) is 0 Å². The van der Waals surface area contributed by atoms with E-state index in [1.165, 1.54) is 6.07 Å². The zero-order valence-corrected chi connectivity index (χ0v) is 13.6. The molecule has 1 unspecified atom stereocenters. The topological polar surface area (TPSA) is 38.5 Å². The Morgan fingerprint density at radius 1 is 1.45 bits per heavy atom. The molecule has 0 aliphatic carbocycles. The molecule has 2 N–H and O–H groups in total. The van der Waals surface area contributed by atoms with Crippen molar-refractivity contribution >= 4 is 23.1 Å². The smallest absolute Gasteiger partial charge is 0.167 e. The Kier molecular flexibility index (Phi) is 6.99. The highest BCUT2D eigenvalue weighted by Gasteiger charge is 2.16. The van der Waals surface area contributed by atoms with Gasteiger partial charge in [0.15, 0.2) is 11.6 Å². The van der Waals surface area contributed by atoms with Gasteiger partial charge < -0.3 is 15.4 Å². The van der Waals surface area contributed by atoms with Crippen LogP contribution in [0, 0.1) is 5.82 Å². The van der Waals surface area contributed by atoms with E-state index >= 15 is 0 Å². The van der Waals surface area contributed by atoms with Gasteiger partial charge in [-0.1, -0.05) is 6.92 Å². The molecule has 0 bridgehead atoms. The van der Waals surface area contributed by atoms with Crippen LogP contribution in [0.1, 0.15) is 26.7 Å². The Balaban J connectivity index is 2.92. The summed E-state index contributed by atoms with van der Waals surface area (Å²) >= 11 is 1.82.